The van der Waals surface area contributed by atoms with E-state index in [4.69, 9.17) is 4.74 Å². The fraction of sp³-hybridized carbons (Fsp3) is 0.167. The van der Waals surface area contributed by atoms with Crippen LogP contribution in [0.25, 0.3) is 0 Å². The second-order valence-electron chi connectivity index (χ2n) is 6.09. The van der Waals surface area contributed by atoms with E-state index in [0.29, 0.717) is 11.6 Å². The summed E-state index contributed by atoms with van der Waals surface area (Å²) in [7, 11) is -4.02. The van der Waals surface area contributed by atoms with Crippen molar-refractivity contribution in [1.82, 2.24) is 9.73 Å². The molecule has 0 aliphatic carbocycles. The lowest BCUT2D eigenvalue weighted by Gasteiger charge is -2.19. The zero-order chi connectivity index (χ0) is 21.3. The monoisotopic (exact) mass is 423 g/mol. The minimum atomic E-state index is -4.02. The number of hydrazone groups is 1. The fourth-order valence-electron chi connectivity index (χ4n) is 2.61. The van der Waals surface area contributed by atoms with Gasteiger partial charge >= 0.3 is 0 Å². The first-order chi connectivity index (χ1) is 13.6. The highest BCUT2D eigenvalue weighted by molar-refractivity contribution is 7.90. The molecule has 2 aromatic rings. The van der Waals surface area contributed by atoms with Gasteiger partial charge in [0.1, 0.15) is 11.6 Å². The number of rotatable bonds is 4. The number of hydrogen-bond donors (Lipinski definition) is 1. The fourth-order valence-corrected chi connectivity index (χ4v) is 3.60. The van der Waals surface area contributed by atoms with Gasteiger partial charge in [0.25, 0.3) is 10.0 Å². The lowest BCUT2D eigenvalue weighted by Crippen LogP contribution is -2.28. The predicted molar refractivity (Wildman–Crippen MR) is 96.7 cm³/mol. The van der Waals surface area contributed by atoms with Crippen molar-refractivity contribution in [2.75, 3.05) is 0 Å². The molecule has 0 aromatic heterocycles. The van der Waals surface area contributed by atoms with E-state index in [2.05, 4.69) is 5.10 Å². The smallest absolute Gasteiger partial charge is 0.264 e. The zero-order valence-electron chi connectivity index (χ0n) is 15.2. The number of benzene rings is 2. The third kappa shape index (κ3) is 4.24. The molecule has 152 valence electrons. The van der Waals surface area contributed by atoms with Gasteiger partial charge in [-0.3, -0.25) is 9.59 Å². The molecule has 1 unspecified atom stereocenters. The molecule has 11 heteroatoms. The first-order valence-electron chi connectivity index (χ1n) is 8.22. The topological polar surface area (TPSA) is 105 Å². The molecular weight excluding hydrogens is 408 g/mol. The van der Waals surface area contributed by atoms with Gasteiger partial charge in [0.05, 0.1) is 10.5 Å². The highest BCUT2D eigenvalue weighted by atomic mass is 32.2. The van der Waals surface area contributed by atoms with Crippen LogP contribution in [0.1, 0.15) is 31.2 Å². The third-order valence-electron chi connectivity index (χ3n) is 3.88. The van der Waals surface area contributed by atoms with Gasteiger partial charge in [-0.25, -0.2) is 21.9 Å². The van der Waals surface area contributed by atoms with Gasteiger partial charge in [0.15, 0.2) is 0 Å². The lowest BCUT2D eigenvalue weighted by molar-refractivity contribution is -0.135. The summed E-state index contributed by atoms with van der Waals surface area (Å²) >= 11 is 0. The summed E-state index contributed by atoms with van der Waals surface area (Å²) in [5.41, 5.74) is 0.216. The lowest BCUT2D eigenvalue weighted by atomic mass is 10.1. The molecule has 0 spiro atoms. The molecule has 0 fully saturated rings. The molecule has 29 heavy (non-hydrogen) atoms. The van der Waals surface area contributed by atoms with Gasteiger partial charge in [-0.2, -0.15) is 5.01 Å². The number of nitrogens with zero attached hydrogens (tertiary/aromatic N) is 2. The van der Waals surface area contributed by atoms with E-state index in [-0.39, 0.29) is 16.4 Å². The van der Waals surface area contributed by atoms with Crippen molar-refractivity contribution in [3.63, 3.8) is 0 Å². The number of carbonyl (C=O) groups excluding carboxylic acids is 2. The quantitative estimate of drug-likeness (QED) is 0.810. The molecule has 1 heterocycles. The van der Waals surface area contributed by atoms with Gasteiger partial charge in [-0.05, 0) is 36.4 Å². The number of amides is 2. The first-order valence-corrected chi connectivity index (χ1v) is 9.70. The molecule has 0 radical (unpaired) electrons. The van der Waals surface area contributed by atoms with Gasteiger partial charge < -0.3 is 4.74 Å². The van der Waals surface area contributed by atoms with Crippen molar-refractivity contribution in [2.45, 2.75) is 25.0 Å². The van der Waals surface area contributed by atoms with Gasteiger partial charge in [0, 0.05) is 25.5 Å². The van der Waals surface area contributed by atoms with E-state index >= 15 is 0 Å². The summed E-state index contributed by atoms with van der Waals surface area (Å²) in [6.45, 7) is 2.27. The molecular formula is C18H15F2N3O5S. The zero-order valence-corrected chi connectivity index (χ0v) is 16.0. The Morgan fingerprint density at radius 3 is 2.31 bits per heavy atom. The number of halogens is 2. The van der Waals surface area contributed by atoms with Crippen LogP contribution in [0.4, 0.5) is 8.78 Å². The summed E-state index contributed by atoms with van der Waals surface area (Å²) in [6.07, 6.45) is -1.24. The average Bonchev–Trinajstić information content (AvgIpc) is 3.06. The van der Waals surface area contributed by atoms with Crippen LogP contribution < -0.4 is 4.72 Å². The summed E-state index contributed by atoms with van der Waals surface area (Å²) < 4.78 is 58.8. The Kier molecular flexibility index (Phi) is 5.33. The van der Waals surface area contributed by atoms with Crippen LogP contribution >= 0.6 is 0 Å². The second kappa shape index (κ2) is 7.59. The van der Waals surface area contributed by atoms with Crippen LogP contribution in [0.2, 0.25) is 0 Å². The molecule has 0 saturated heterocycles. The Morgan fingerprint density at radius 1 is 1.10 bits per heavy atom. The van der Waals surface area contributed by atoms with Crippen LogP contribution in [0.3, 0.4) is 0 Å². The Hall–Kier alpha value is -3.34. The van der Waals surface area contributed by atoms with E-state index in [1.807, 2.05) is 4.72 Å². The number of nitrogens with one attached hydrogen (secondary N) is 1. The normalized spacial score (nSPS) is 16.2. The second-order valence-corrected chi connectivity index (χ2v) is 7.77. The Balaban J connectivity index is 1.90. The number of hydrogen-bond acceptors (Lipinski definition) is 6. The standard InChI is InChI=1S/C18H15F2N3O5S/c1-10(24)22-29(26,27)14-6-3-12(4-7-14)17-21-23(11(2)25)18(28-17)15-8-5-13(19)9-16(15)20/h3-9,18H,1-2H3,(H,22,24). The van der Waals surface area contributed by atoms with E-state index in [1.165, 1.54) is 31.2 Å². The Bertz CT molecular complexity index is 1120. The Morgan fingerprint density at radius 2 is 1.76 bits per heavy atom. The largest absolute Gasteiger partial charge is 0.446 e. The first kappa shape index (κ1) is 20.4. The third-order valence-corrected chi connectivity index (χ3v) is 5.33. The summed E-state index contributed by atoms with van der Waals surface area (Å²) in [5, 5.41) is 4.91. The molecule has 8 nitrogen and oxygen atoms in total. The van der Waals surface area contributed by atoms with E-state index < -0.39 is 39.7 Å². The molecule has 1 atom stereocenters. The number of sulfonamides is 1. The van der Waals surface area contributed by atoms with Crippen molar-refractivity contribution in [2.24, 2.45) is 5.10 Å². The summed E-state index contributed by atoms with van der Waals surface area (Å²) in [5.74, 6) is -3.03. The maximum atomic E-state index is 14.1. The van der Waals surface area contributed by atoms with Gasteiger partial charge in [-0.1, -0.05) is 0 Å². The maximum Gasteiger partial charge on any atom is 0.264 e. The molecule has 2 amide bonds. The molecule has 0 bridgehead atoms. The van der Waals surface area contributed by atoms with E-state index in [0.717, 1.165) is 24.1 Å². The molecule has 3 rings (SSSR count). The van der Waals surface area contributed by atoms with E-state index in [1.54, 1.807) is 0 Å². The number of carbonyl (C=O) groups is 2. The molecule has 2 aromatic carbocycles. The highest BCUT2D eigenvalue weighted by Crippen LogP contribution is 2.32. The van der Waals surface area contributed by atoms with Crippen LogP contribution in [0, 0.1) is 11.6 Å². The van der Waals surface area contributed by atoms with Crippen LogP contribution in [0.15, 0.2) is 52.5 Å². The average molecular weight is 423 g/mol. The minimum absolute atomic E-state index is 0.0580. The highest BCUT2D eigenvalue weighted by Gasteiger charge is 2.35. The van der Waals surface area contributed by atoms with Crippen molar-refractivity contribution in [3.8, 4) is 0 Å². The van der Waals surface area contributed by atoms with Crippen molar-refractivity contribution in [1.29, 1.82) is 0 Å². The molecule has 1 aliphatic rings. The predicted octanol–water partition coefficient (Wildman–Crippen LogP) is 2.03. The molecule has 1 N–H and O–H groups in total. The summed E-state index contributed by atoms with van der Waals surface area (Å²) in [6, 6.07) is 7.99. The van der Waals surface area contributed by atoms with Crippen molar-refractivity contribution >= 4 is 27.7 Å². The van der Waals surface area contributed by atoms with Gasteiger partial charge in [0.2, 0.25) is 23.9 Å². The van der Waals surface area contributed by atoms with Crippen LogP contribution in [-0.4, -0.2) is 31.1 Å². The maximum absolute atomic E-state index is 14.1. The van der Waals surface area contributed by atoms with E-state index in [9.17, 15) is 26.8 Å². The molecule has 0 saturated carbocycles. The SMILES string of the molecule is CC(=O)NS(=O)(=O)c1ccc(C2=NN(C(C)=O)C(c3ccc(F)cc3F)O2)cc1. The Labute approximate surface area is 164 Å². The molecule has 1 aliphatic heterocycles. The minimum Gasteiger partial charge on any atom is -0.446 e. The van der Waals surface area contributed by atoms with Gasteiger partial charge in [-0.15, -0.1) is 5.10 Å². The van der Waals surface area contributed by atoms with Crippen LogP contribution in [0.5, 0.6) is 0 Å². The number of ether oxygens (including phenoxy) is 1. The van der Waals surface area contributed by atoms with Crippen molar-refractivity contribution in [3.05, 3.63) is 65.2 Å². The summed E-state index contributed by atoms with van der Waals surface area (Å²) in [4.78, 5) is 22.7. The van der Waals surface area contributed by atoms with Crippen molar-refractivity contribution < 1.29 is 31.5 Å². The van der Waals surface area contributed by atoms with Crippen LogP contribution in [-0.2, 0) is 24.3 Å².